The van der Waals surface area contributed by atoms with Crippen LogP contribution in [0, 0.1) is 0 Å². The number of fused-ring (bicyclic) bond motifs is 2. The molecule has 3 heteroatoms. The lowest BCUT2D eigenvalue weighted by Crippen LogP contribution is -2.41. The van der Waals surface area contributed by atoms with Crippen molar-refractivity contribution in [1.82, 2.24) is 9.88 Å². The molecule has 20 heavy (non-hydrogen) atoms. The lowest BCUT2D eigenvalue weighted by molar-refractivity contribution is 0.193. The topological polar surface area (TPSA) is 28.2 Å². The van der Waals surface area contributed by atoms with Gasteiger partial charge in [0.1, 0.15) is 0 Å². The molecule has 2 aromatic rings. The Kier molecular flexibility index (Phi) is 3.07. The second-order valence-electron chi connectivity index (χ2n) is 6.04. The summed E-state index contributed by atoms with van der Waals surface area (Å²) in [5.41, 5.74) is 1.27. The van der Waals surface area contributed by atoms with Crippen LogP contribution in [-0.4, -0.2) is 35.1 Å². The minimum absolute atomic E-state index is 0.606. The second-order valence-corrected chi connectivity index (χ2v) is 6.04. The quantitative estimate of drug-likeness (QED) is 0.905. The van der Waals surface area contributed by atoms with Crippen molar-refractivity contribution in [3.8, 4) is 0 Å². The van der Waals surface area contributed by atoms with Crippen molar-refractivity contribution < 1.29 is 0 Å². The van der Waals surface area contributed by atoms with Gasteiger partial charge in [0.25, 0.3) is 0 Å². The highest BCUT2D eigenvalue weighted by molar-refractivity contribution is 5.93. The van der Waals surface area contributed by atoms with Gasteiger partial charge in [0, 0.05) is 47.5 Å². The number of nitrogens with one attached hydrogen (secondary N) is 1. The van der Waals surface area contributed by atoms with Crippen LogP contribution in [0.5, 0.6) is 0 Å². The summed E-state index contributed by atoms with van der Waals surface area (Å²) in [6.07, 6.45) is 9.22. The molecular weight excluding hydrogens is 246 g/mol. The van der Waals surface area contributed by atoms with E-state index in [1.165, 1.54) is 55.2 Å². The summed E-state index contributed by atoms with van der Waals surface area (Å²) in [6.45, 7) is 2.55. The van der Waals surface area contributed by atoms with Crippen LogP contribution in [-0.2, 0) is 0 Å². The predicted octanol–water partition coefficient (Wildman–Crippen LogP) is 3.27. The van der Waals surface area contributed by atoms with E-state index in [9.17, 15) is 0 Å². The first kappa shape index (κ1) is 12.2. The van der Waals surface area contributed by atoms with Crippen molar-refractivity contribution >= 4 is 16.5 Å². The Bertz CT molecular complexity index is 605. The van der Waals surface area contributed by atoms with Gasteiger partial charge in [-0.25, -0.2) is 0 Å². The molecule has 104 valence electrons. The van der Waals surface area contributed by atoms with Gasteiger partial charge in [-0.3, -0.25) is 9.88 Å². The van der Waals surface area contributed by atoms with Crippen LogP contribution in [0.2, 0.25) is 0 Å². The molecule has 0 aliphatic carbocycles. The standard InChI is InChI=1S/C17H21N3/c1-2-10-20-11-8-16(17(20)6-1)19-15-5-3-4-13-12-18-9-7-14(13)15/h3-5,7,9,12,16-17,19H,1-2,6,8,10-11H2. The molecule has 2 unspecified atom stereocenters. The van der Waals surface area contributed by atoms with Crippen LogP contribution in [0.4, 0.5) is 5.69 Å². The van der Waals surface area contributed by atoms with Crippen molar-refractivity contribution in [2.45, 2.75) is 37.8 Å². The molecule has 2 fully saturated rings. The highest BCUT2D eigenvalue weighted by Crippen LogP contribution is 2.31. The molecule has 0 saturated carbocycles. The minimum atomic E-state index is 0.606. The zero-order chi connectivity index (χ0) is 13.4. The van der Waals surface area contributed by atoms with Gasteiger partial charge in [-0.05, 0) is 37.9 Å². The average Bonchev–Trinajstić information content (AvgIpc) is 2.91. The predicted molar refractivity (Wildman–Crippen MR) is 83.0 cm³/mol. The van der Waals surface area contributed by atoms with Gasteiger partial charge in [-0.1, -0.05) is 18.6 Å². The molecule has 1 aromatic heterocycles. The third-order valence-electron chi connectivity index (χ3n) is 4.88. The van der Waals surface area contributed by atoms with E-state index in [2.05, 4.69) is 39.5 Å². The fourth-order valence-electron chi connectivity index (χ4n) is 3.86. The zero-order valence-electron chi connectivity index (χ0n) is 11.8. The van der Waals surface area contributed by atoms with Gasteiger partial charge in [-0.2, -0.15) is 0 Å². The fraction of sp³-hybridized carbons (Fsp3) is 0.471. The number of hydrogen-bond donors (Lipinski definition) is 1. The molecule has 1 aromatic carbocycles. The van der Waals surface area contributed by atoms with Crippen LogP contribution < -0.4 is 5.32 Å². The molecule has 0 bridgehead atoms. The number of aromatic nitrogens is 1. The molecule has 0 amide bonds. The Morgan fingerprint density at radius 1 is 1.10 bits per heavy atom. The van der Waals surface area contributed by atoms with Crippen molar-refractivity contribution in [2.75, 3.05) is 18.4 Å². The van der Waals surface area contributed by atoms with E-state index in [1.807, 2.05) is 12.4 Å². The van der Waals surface area contributed by atoms with Crippen LogP contribution in [0.25, 0.3) is 10.8 Å². The van der Waals surface area contributed by atoms with E-state index >= 15 is 0 Å². The van der Waals surface area contributed by atoms with Gasteiger partial charge in [0.2, 0.25) is 0 Å². The first-order valence-electron chi connectivity index (χ1n) is 7.75. The van der Waals surface area contributed by atoms with E-state index in [1.54, 1.807) is 0 Å². The molecule has 2 saturated heterocycles. The van der Waals surface area contributed by atoms with Crippen molar-refractivity contribution in [3.63, 3.8) is 0 Å². The van der Waals surface area contributed by atoms with Crippen molar-refractivity contribution in [3.05, 3.63) is 36.7 Å². The first-order chi connectivity index (χ1) is 9.92. The maximum atomic E-state index is 4.22. The normalized spacial score (nSPS) is 26.6. The van der Waals surface area contributed by atoms with E-state index in [4.69, 9.17) is 0 Å². The number of pyridine rings is 1. The Hall–Kier alpha value is -1.61. The van der Waals surface area contributed by atoms with Crippen molar-refractivity contribution in [2.24, 2.45) is 0 Å². The van der Waals surface area contributed by atoms with Crippen LogP contribution in [0.3, 0.4) is 0 Å². The zero-order valence-corrected chi connectivity index (χ0v) is 11.8. The Morgan fingerprint density at radius 3 is 3.10 bits per heavy atom. The SMILES string of the molecule is c1cc(NC2CCN3CCCCC23)c2ccncc2c1. The highest BCUT2D eigenvalue weighted by atomic mass is 15.2. The molecule has 4 rings (SSSR count). The molecule has 1 N–H and O–H groups in total. The Morgan fingerprint density at radius 2 is 2.10 bits per heavy atom. The van der Waals surface area contributed by atoms with Gasteiger partial charge in [-0.15, -0.1) is 0 Å². The number of piperidine rings is 1. The van der Waals surface area contributed by atoms with Crippen LogP contribution >= 0.6 is 0 Å². The number of nitrogens with zero attached hydrogens (tertiary/aromatic N) is 2. The van der Waals surface area contributed by atoms with Gasteiger partial charge < -0.3 is 5.32 Å². The van der Waals surface area contributed by atoms with E-state index in [0.29, 0.717) is 6.04 Å². The van der Waals surface area contributed by atoms with E-state index < -0.39 is 0 Å². The smallest absolute Gasteiger partial charge is 0.0429 e. The molecule has 2 aliphatic rings. The summed E-state index contributed by atoms with van der Waals surface area (Å²) in [6, 6.07) is 9.92. The number of benzene rings is 1. The molecule has 0 radical (unpaired) electrons. The summed E-state index contributed by atoms with van der Waals surface area (Å²) >= 11 is 0. The van der Waals surface area contributed by atoms with E-state index in [0.717, 1.165) is 6.04 Å². The largest absolute Gasteiger partial charge is 0.380 e. The lowest BCUT2D eigenvalue weighted by Gasteiger charge is -2.33. The molecule has 3 heterocycles. The lowest BCUT2D eigenvalue weighted by atomic mass is 9.98. The van der Waals surface area contributed by atoms with Crippen LogP contribution in [0.15, 0.2) is 36.7 Å². The second kappa shape index (κ2) is 5.06. The third-order valence-corrected chi connectivity index (χ3v) is 4.88. The maximum absolute atomic E-state index is 4.22. The summed E-state index contributed by atoms with van der Waals surface area (Å²) in [5.74, 6) is 0. The summed E-state index contributed by atoms with van der Waals surface area (Å²) < 4.78 is 0. The van der Waals surface area contributed by atoms with Crippen molar-refractivity contribution in [1.29, 1.82) is 0 Å². The van der Waals surface area contributed by atoms with Gasteiger partial charge >= 0.3 is 0 Å². The number of rotatable bonds is 2. The monoisotopic (exact) mass is 267 g/mol. The van der Waals surface area contributed by atoms with Gasteiger partial charge in [0.05, 0.1) is 0 Å². The molecule has 0 spiro atoms. The number of hydrogen-bond acceptors (Lipinski definition) is 3. The Labute approximate surface area is 120 Å². The molecule has 2 aliphatic heterocycles. The third kappa shape index (κ3) is 2.06. The summed E-state index contributed by atoms with van der Waals surface area (Å²) in [4.78, 5) is 6.89. The Balaban J connectivity index is 1.61. The molecule has 2 atom stereocenters. The summed E-state index contributed by atoms with van der Waals surface area (Å²) in [7, 11) is 0. The van der Waals surface area contributed by atoms with Crippen LogP contribution in [0.1, 0.15) is 25.7 Å². The fourth-order valence-corrected chi connectivity index (χ4v) is 3.86. The number of anilines is 1. The van der Waals surface area contributed by atoms with E-state index in [-0.39, 0.29) is 0 Å². The van der Waals surface area contributed by atoms with Gasteiger partial charge in [0.15, 0.2) is 0 Å². The minimum Gasteiger partial charge on any atom is -0.380 e. The maximum Gasteiger partial charge on any atom is 0.0429 e. The molecule has 3 nitrogen and oxygen atoms in total. The first-order valence-corrected chi connectivity index (χ1v) is 7.75. The highest BCUT2D eigenvalue weighted by Gasteiger charge is 2.35. The average molecular weight is 267 g/mol. The summed E-state index contributed by atoms with van der Waals surface area (Å²) in [5, 5.41) is 6.32. The molecular formula is C17H21N3.